The molecule has 0 radical (unpaired) electrons. The number of aromatic carboxylic acids is 1. The van der Waals surface area contributed by atoms with Crippen molar-refractivity contribution in [1.29, 1.82) is 0 Å². The van der Waals surface area contributed by atoms with E-state index in [1.165, 1.54) is 18.2 Å². The molecule has 0 atom stereocenters. The minimum atomic E-state index is -1.15. The van der Waals surface area contributed by atoms with Gasteiger partial charge in [0.1, 0.15) is 0 Å². The number of amides is 2. The third kappa shape index (κ3) is 1.95. The number of nitrogens with zero attached hydrogens (tertiary/aromatic N) is 1. The number of carbonyl (C=O) groups is 3. The molecule has 0 aromatic heterocycles. The average Bonchev–Trinajstić information content (AvgIpc) is 2.78. The Bertz CT molecular complexity index is 859. The summed E-state index contributed by atoms with van der Waals surface area (Å²) in [7, 11) is 0. The number of terminal acetylenes is 1. The highest BCUT2D eigenvalue weighted by Crippen LogP contribution is 2.29. The van der Waals surface area contributed by atoms with Crippen LogP contribution in [0.1, 0.15) is 36.6 Å². The number of carboxylic acid groups (broad SMARTS) is 1. The van der Waals surface area contributed by atoms with E-state index in [2.05, 4.69) is 5.92 Å². The van der Waals surface area contributed by atoms with Gasteiger partial charge in [-0.3, -0.25) is 9.59 Å². The zero-order valence-corrected chi connectivity index (χ0v) is 11.2. The maximum absolute atomic E-state index is 12.4. The molecule has 5 heteroatoms. The number of carbonyl (C=O) groups excluding carboxylic acids is 2. The standard InChI is InChI=1S/C17H9NO4/c1-2-10-3-6-12(7-4-10)18-15(19)13-8-5-11(17(21)22)9-14(13)16(18)20/h1,3-9H,(H,21,22). The van der Waals surface area contributed by atoms with Gasteiger partial charge in [0.2, 0.25) is 0 Å². The smallest absolute Gasteiger partial charge is 0.335 e. The molecule has 5 nitrogen and oxygen atoms in total. The summed E-state index contributed by atoms with van der Waals surface area (Å²) >= 11 is 0. The topological polar surface area (TPSA) is 74.7 Å². The van der Waals surface area contributed by atoms with Crippen LogP contribution in [0, 0.1) is 12.3 Å². The number of fused-ring (bicyclic) bond motifs is 1. The first-order valence-electron chi connectivity index (χ1n) is 6.35. The van der Waals surface area contributed by atoms with Crippen LogP contribution in [0.25, 0.3) is 0 Å². The van der Waals surface area contributed by atoms with Gasteiger partial charge in [-0.25, -0.2) is 9.69 Å². The summed E-state index contributed by atoms with van der Waals surface area (Å²) in [6.07, 6.45) is 5.27. The molecule has 2 aromatic carbocycles. The van der Waals surface area contributed by atoms with E-state index in [1.54, 1.807) is 24.3 Å². The Morgan fingerprint density at radius 3 is 2.23 bits per heavy atom. The number of rotatable bonds is 2. The normalized spacial score (nSPS) is 13.0. The third-order valence-corrected chi connectivity index (χ3v) is 3.43. The van der Waals surface area contributed by atoms with E-state index in [0.717, 1.165) is 4.90 Å². The van der Waals surface area contributed by atoms with E-state index in [-0.39, 0.29) is 16.7 Å². The molecule has 2 amide bonds. The van der Waals surface area contributed by atoms with Gasteiger partial charge >= 0.3 is 5.97 Å². The molecule has 0 unspecified atom stereocenters. The second kappa shape index (κ2) is 4.86. The number of anilines is 1. The maximum atomic E-state index is 12.4. The Morgan fingerprint density at radius 2 is 1.64 bits per heavy atom. The molecule has 0 bridgehead atoms. The molecule has 2 aromatic rings. The second-order valence-electron chi connectivity index (χ2n) is 4.70. The fraction of sp³-hybridized carbons (Fsp3) is 0. The molecule has 1 N–H and O–H groups in total. The maximum Gasteiger partial charge on any atom is 0.335 e. The van der Waals surface area contributed by atoms with Gasteiger partial charge in [-0.15, -0.1) is 6.42 Å². The summed E-state index contributed by atoms with van der Waals surface area (Å²) in [6, 6.07) is 10.3. The van der Waals surface area contributed by atoms with Crippen molar-refractivity contribution in [1.82, 2.24) is 0 Å². The van der Waals surface area contributed by atoms with Crippen molar-refractivity contribution in [3.8, 4) is 12.3 Å². The minimum Gasteiger partial charge on any atom is -0.478 e. The first-order chi connectivity index (χ1) is 10.5. The fourth-order valence-electron chi connectivity index (χ4n) is 2.32. The molecular formula is C17H9NO4. The largest absolute Gasteiger partial charge is 0.478 e. The van der Waals surface area contributed by atoms with Gasteiger partial charge in [0, 0.05) is 5.56 Å². The number of hydrogen-bond acceptors (Lipinski definition) is 3. The van der Waals surface area contributed by atoms with Gasteiger partial charge in [-0.05, 0) is 42.5 Å². The predicted molar refractivity (Wildman–Crippen MR) is 78.9 cm³/mol. The van der Waals surface area contributed by atoms with Gasteiger partial charge in [0.05, 0.1) is 22.4 Å². The van der Waals surface area contributed by atoms with E-state index >= 15 is 0 Å². The zero-order valence-electron chi connectivity index (χ0n) is 11.2. The average molecular weight is 291 g/mol. The SMILES string of the molecule is C#Cc1ccc(N2C(=O)c3ccc(C(=O)O)cc3C2=O)cc1. The van der Waals surface area contributed by atoms with Crippen molar-refractivity contribution < 1.29 is 19.5 Å². The van der Waals surface area contributed by atoms with E-state index in [1.807, 2.05) is 0 Å². The summed E-state index contributed by atoms with van der Waals surface area (Å²) in [5.74, 6) is 0.272. The lowest BCUT2D eigenvalue weighted by molar-refractivity contribution is 0.0696. The quantitative estimate of drug-likeness (QED) is 0.679. The first kappa shape index (κ1) is 13.6. The van der Waals surface area contributed by atoms with Crippen LogP contribution >= 0.6 is 0 Å². The Kier molecular flexibility index (Phi) is 3.00. The van der Waals surface area contributed by atoms with Crippen LogP contribution < -0.4 is 4.90 Å². The lowest BCUT2D eigenvalue weighted by atomic mass is 10.1. The molecule has 22 heavy (non-hydrogen) atoms. The van der Waals surface area contributed by atoms with Crippen LogP contribution in [0.2, 0.25) is 0 Å². The minimum absolute atomic E-state index is 0.0376. The van der Waals surface area contributed by atoms with Gasteiger partial charge in [-0.1, -0.05) is 5.92 Å². The Hall–Kier alpha value is -3.39. The highest BCUT2D eigenvalue weighted by atomic mass is 16.4. The van der Waals surface area contributed by atoms with E-state index in [9.17, 15) is 14.4 Å². The molecule has 106 valence electrons. The Balaban J connectivity index is 2.06. The van der Waals surface area contributed by atoms with Crippen molar-refractivity contribution in [3.63, 3.8) is 0 Å². The highest BCUT2D eigenvalue weighted by molar-refractivity contribution is 6.34. The first-order valence-corrected chi connectivity index (χ1v) is 6.35. The van der Waals surface area contributed by atoms with Gasteiger partial charge < -0.3 is 5.11 Å². The fourth-order valence-corrected chi connectivity index (χ4v) is 2.32. The zero-order chi connectivity index (χ0) is 15.9. The van der Waals surface area contributed by atoms with Crippen molar-refractivity contribution in [2.24, 2.45) is 0 Å². The van der Waals surface area contributed by atoms with Crippen LogP contribution in [0.3, 0.4) is 0 Å². The number of imide groups is 1. The molecule has 1 heterocycles. The van der Waals surface area contributed by atoms with Crippen molar-refractivity contribution in [3.05, 3.63) is 64.7 Å². The monoisotopic (exact) mass is 291 g/mol. The van der Waals surface area contributed by atoms with Crippen LogP contribution in [-0.4, -0.2) is 22.9 Å². The van der Waals surface area contributed by atoms with Gasteiger partial charge in [0.15, 0.2) is 0 Å². The lowest BCUT2D eigenvalue weighted by Crippen LogP contribution is -2.29. The van der Waals surface area contributed by atoms with Crippen molar-refractivity contribution in [2.45, 2.75) is 0 Å². The Morgan fingerprint density at radius 1 is 1.00 bits per heavy atom. The van der Waals surface area contributed by atoms with E-state index < -0.39 is 17.8 Å². The predicted octanol–water partition coefficient (Wildman–Crippen LogP) is 2.17. The van der Waals surface area contributed by atoms with E-state index in [4.69, 9.17) is 11.5 Å². The van der Waals surface area contributed by atoms with Crippen LogP contribution in [-0.2, 0) is 0 Å². The molecule has 1 aliphatic rings. The Labute approximate surface area is 125 Å². The number of carboxylic acids is 1. The second-order valence-corrected chi connectivity index (χ2v) is 4.70. The summed E-state index contributed by atoms with van der Waals surface area (Å²) in [5, 5.41) is 8.98. The molecule has 0 spiro atoms. The molecular weight excluding hydrogens is 282 g/mol. The van der Waals surface area contributed by atoms with Crippen LogP contribution in [0.15, 0.2) is 42.5 Å². The summed E-state index contributed by atoms with van der Waals surface area (Å²) < 4.78 is 0. The van der Waals surface area contributed by atoms with Crippen LogP contribution in [0.5, 0.6) is 0 Å². The van der Waals surface area contributed by atoms with Crippen molar-refractivity contribution in [2.75, 3.05) is 4.90 Å². The highest BCUT2D eigenvalue weighted by Gasteiger charge is 2.37. The molecule has 3 rings (SSSR count). The molecule has 0 fully saturated rings. The summed E-state index contributed by atoms with van der Waals surface area (Å²) in [4.78, 5) is 36.8. The number of benzene rings is 2. The van der Waals surface area contributed by atoms with Crippen LogP contribution in [0.4, 0.5) is 5.69 Å². The van der Waals surface area contributed by atoms with Crippen molar-refractivity contribution >= 4 is 23.5 Å². The van der Waals surface area contributed by atoms with E-state index in [0.29, 0.717) is 11.3 Å². The summed E-state index contributed by atoms with van der Waals surface area (Å²) in [6.45, 7) is 0. The molecule has 0 saturated heterocycles. The third-order valence-electron chi connectivity index (χ3n) is 3.43. The van der Waals surface area contributed by atoms with Gasteiger partial charge in [-0.2, -0.15) is 0 Å². The molecule has 1 aliphatic heterocycles. The molecule has 0 aliphatic carbocycles. The molecule has 0 saturated carbocycles. The lowest BCUT2D eigenvalue weighted by Gasteiger charge is -2.13. The summed E-state index contributed by atoms with van der Waals surface area (Å²) in [5.41, 5.74) is 1.27. The van der Waals surface area contributed by atoms with Gasteiger partial charge in [0.25, 0.3) is 11.8 Å². The number of hydrogen-bond donors (Lipinski definition) is 1.